The number of aromatic nitrogens is 3. The van der Waals surface area contributed by atoms with Crippen molar-refractivity contribution in [3.05, 3.63) is 47.2 Å². The summed E-state index contributed by atoms with van der Waals surface area (Å²) in [6, 6.07) is 4.12. The Labute approximate surface area is 97.4 Å². The van der Waals surface area contributed by atoms with E-state index in [0.29, 0.717) is 0 Å². The van der Waals surface area contributed by atoms with E-state index in [4.69, 9.17) is 0 Å². The van der Waals surface area contributed by atoms with E-state index in [-0.39, 0.29) is 0 Å². The van der Waals surface area contributed by atoms with Crippen LogP contribution in [0, 0.1) is 6.92 Å². The third-order valence-electron chi connectivity index (χ3n) is 2.58. The molecule has 1 N–H and O–H groups in total. The van der Waals surface area contributed by atoms with Crippen LogP contribution in [0.1, 0.15) is 5.69 Å². The number of nitrogens with one attached hydrogen (secondary N) is 1. The molecule has 0 aliphatic rings. The first-order valence-electron chi connectivity index (χ1n) is 5.06. The predicted molar refractivity (Wildman–Crippen MR) is 66.0 cm³/mol. The number of hydrogen-bond donors (Lipinski definition) is 1. The van der Waals surface area contributed by atoms with Gasteiger partial charge in [-0.3, -0.25) is 0 Å². The standard InChI is InChI=1S/C12H11N3S/c1-9-12(10-3-5-16-8-10)7-15(14-9)11-2-4-13-6-11/h2-8,13H,1H3. The molecule has 0 bridgehead atoms. The number of nitrogens with zero attached hydrogens (tertiary/aromatic N) is 2. The molecule has 3 rings (SSSR count). The average molecular weight is 229 g/mol. The summed E-state index contributed by atoms with van der Waals surface area (Å²) in [5.74, 6) is 0. The maximum absolute atomic E-state index is 4.51. The van der Waals surface area contributed by atoms with Crippen LogP contribution in [-0.2, 0) is 0 Å². The van der Waals surface area contributed by atoms with E-state index >= 15 is 0 Å². The van der Waals surface area contributed by atoms with Gasteiger partial charge in [0.25, 0.3) is 0 Å². The van der Waals surface area contributed by atoms with Crippen molar-refractivity contribution in [2.45, 2.75) is 6.92 Å². The van der Waals surface area contributed by atoms with Gasteiger partial charge in [0.05, 0.1) is 11.4 Å². The molecule has 3 heterocycles. The Morgan fingerprint density at radius 1 is 1.38 bits per heavy atom. The Hall–Kier alpha value is -1.81. The highest BCUT2D eigenvalue weighted by Gasteiger charge is 2.08. The van der Waals surface area contributed by atoms with Gasteiger partial charge in [0.1, 0.15) is 0 Å². The molecule has 16 heavy (non-hydrogen) atoms. The largest absolute Gasteiger partial charge is 0.366 e. The van der Waals surface area contributed by atoms with Crippen molar-refractivity contribution in [3.63, 3.8) is 0 Å². The first-order valence-corrected chi connectivity index (χ1v) is 6.01. The molecule has 0 atom stereocenters. The number of H-pyrrole nitrogens is 1. The Kier molecular flexibility index (Phi) is 2.15. The van der Waals surface area contributed by atoms with Gasteiger partial charge in [0.2, 0.25) is 0 Å². The molecule has 3 aromatic rings. The second-order valence-electron chi connectivity index (χ2n) is 3.65. The molecule has 0 fully saturated rings. The molecule has 0 saturated carbocycles. The second-order valence-corrected chi connectivity index (χ2v) is 4.43. The Bertz CT molecular complexity index is 576. The van der Waals surface area contributed by atoms with Crippen LogP contribution in [0.2, 0.25) is 0 Å². The Morgan fingerprint density at radius 3 is 3.00 bits per heavy atom. The first-order chi connectivity index (χ1) is 7.84. The molecule has 3 aromatic heterocycles. The van der Waals surface area contributed by atoms with Crippen molar-refractivity contribution in [2.75, 3.05) is 0 Å². The van der Waals surface area contributed by atoms with Crippen molar-refractivity contribution < 1.29 is 0 Å². The number of rotatable bonds is 2. The Balaban J connectivity index is 2.09. The molecule has 4 heteroatoms. The van der Waals surface area contributed by atoms with Crippen molar-refractivity contribution in [1.29, 1.82) is 0 Å². The molecular formula is C12H11N3S. The van der Waals surface area contributed by atoms with Gasteiger partial charge in [-0.25, -0.2) is 4.68 Å². The molecule has 0 aliphatic carbocycles. The van der Waals surface area contributed by atoms with E-state index in [1.165, 1.54) is 11.1 Å². The molecule has 80 valence electrons. The first kappa shape index (κ1) is 9.42. The summed E-state index contributed by atoms with van der Waals surface area (Å²) in [7, 11) is 0. The molecule has 0 saturated heterocycles. The Morgan fingerprint density at radius 2 is 2.31 bits per heavy atom. The number of aryl methyl sites for hydroxylation is 1. The zero-order chi connectivity index (χ0) is 11.0. The highest BCUT2D eigenvalue weighted by atomic mass is 32.1. The SMILES string of the molecule is Cc1nn(-c2cc[nH]c2)cc1-c1ccsc1. The monoisotopic (exact) mass is 229 g/mol. The summed E-state index contributed by atoms with van der Waals surface area (Å²) in [4.78, 5) is 3.03. The lowest BCUT2D eigenvalue weighted by Crippen LogP contribution is -1.91. The van der Waals surface area contributed by atoms with Crippen molar-refractivity contribution in [3.8, 4) is 16.8 Å². The normalized spacial score (nSPS) is 10.8. The van der Waals surface area contributed by atoms with Gasteiger partial charge >= 0.3 is 0 Å². The molecule has 3 nitrogen and oxygen atoms in total. The quantitative estimate of drug-likeness (QED) is 0.719. The fourth-order valence-electron chi connectivity index (χ4n) is 1.75. The fraction of sp³-hybridized carbons (Fsp3) is 0.0833. The molecule has 0 unspecified atom stereocenters. The fourth-order valence-corrected chi connectivity index (χ4v) is 2.41. The topological polar surface area (TPSA) is 33.6 Å². The highest BCUT2D eigenvalue weighted by Crippen LogP contribution is 2.25. The summed E-state index contributed by atoms with van der Waals surface area (Å²) < 4.78 is 1.90. The molecular weight excluding hydrogens is 218 g/mol. The van der Waals surface area contributed by atoms with E-state index in [0.717, 1.165) is 11.4 Å². The van der Waals surface area contributed by atoms with E-state index in [2.05, 4.69) is 33.1 Å². The average Bonchev–Trinajstić information content (AvgIpc) is 2.97. The smallest absolute Gasteiger partial charge is 0.0820 e. The lowest BCUT2D eigenvalue weighted by Gasteiger charge is -1.93. The van der Waals surface area contributed by atoms with Gasteiger partial charge in [0, 0.05) is 24.2 Å². The lowest BCUT2D eigenvalue weighted by molar-refractivity contribution is 0.864. The van der Waals surface area contributed by atoms with Crippen LogP contribution in [0.3, 0.4) is 0 Å². The minimum absolute atomic E-state index is 1.06. The van der Waals surface area contributed by atoms with Crippen molar-refractivity contribution >= 4 is 11.3 Å². The summed E-state index contributed by atoms with van der Waals surface area (Å²) in [5, 5.41) is 8.74. The van der Waals surface area contributed by atoms with Crippen LogP contribution in [0.25, 0.3) is 16.8 Å². The van der Waals surface area contributed by atoms with Gasteiger partial charge < -0.3 is 4.98 Å². The van der Waals surface area contributed by atoms with Crippen LogP contribution in [0.15, 0.2) is 41.5 Å². The van der Waals surface area contributed by atoms with Crippen LogP contribution in [-0.4, -0.2) is 14.8 Å². The van der Waals surface area contributed by atoms with E-state index in [1.807, 2.05) is 30.1 Å². The van der Waals surface area contributed by atoms with Crippen LogP contribution in [0.4, 0.5) is 0 Å². The van der Waals surface area contributed by atoms with Gasteiger partial charge in [0.15, 0.2) is 0 Å². The maximum atomic E-state index is 4.51. The minimum Gasteiger partial charge on any atom is -0.366 e. The number of aromatic amines is 1. The van der Waals surface area contributed by atoms with Crippen LogP contribution >= 0.6 is 11.3 Å². The molecule has 0 aromatic carbocycles. The van der Waals surface area contributed by atoms with Gasteiger partial charge in [-0.15, -0.1) is 0 Å². The molecule has 0 radical (unpaired) electrons. The van der Waals surface area contributed by atoms with Crippen LogP contribution < -0.4 is 0 Å². The predicted octanol–water partition coefficient (Wildman–Crippen LogP) is 3.24. The zero-order valence-electron chi connectivity index (χ0n) is 8.84. The van der Waals surface area contributed by atoms with Gasteiger partial charge in [-0.2, -0.15) is 16.4 Å². The molecule has 0 aliphatic heterocycles. The third kappa shape index (κ3) is 1.47. The summed E-state index contributed by atoms with van der Waals surface area (Å²) in [6.45, 7) is 2.04. The lowest BCUT2D eigenvalue weighted by atomic mass is 10.1. The number of thiophene rings is 1. The van der Waals surface area contributed by atoms with Gasteiger partial charge in [-0.1, -0.05) is 0 Å². The summed E-state index contributed by atoms with van der Waals surface area (Å²) >= 11 is 1.71. The molecule has 0 spiro atoms. The maximum Gasteiger partial charge on any atom is 0.0820 e. The minimum atomic E-state index is 1.06. The van der Waals surface area contributed by atoms with E-state index in [1.54, 1.807) is 11.3 Å². The highest BCUT2D eigenvalue weighted by molar-refractivity contribution is 7.08. The summed E-state index contributed by atoms with van der Waals surface area (Å²) in [5.41, 5.74) is 4.55. The zero-order valence-corrected chi connectivity index (χ0v) is 9.66. The van der Waals surface area contributed by atoms with Crippen molar-refractivity contribution in [2.24, 2.45) is 0 Å². The second kappa shape index (κ2) is 3.64. The van der Waals surface area contributed by atoms with Crippen LogP contribution in [0.5, 0.6) is 0 Å². The van der Waals surface area contributed by atoms with E-state index < -0.39 is 0 Å². The third-order valence-corrected chi connectivity index (χ3v) is 3.26. The summed E-state index contributed by atoms with van der Waals surface area (Å²) in [6.07, 6.45) is 5.90. The van der Waals surface area contributed by atoms with Crippen molar-refractivity contribution in [1.82, 2.24) is 14.8 Å². The molecule has 0 amide bonds. The number of hydrogen-bond acceptors (Lipinski definition) is 2. The van der Waals surface area contributed by atoms with E-state index in [9.17, 15) is 0 Å². The van der Waals surface area contributed by atoms with Gasteiger partial charge in [-0.05, 0) is 35.4 Å².